The Kier molecular flexibility index (Phi) is 7.50. The number of imidazole rings is 1. The first-order valence-electron chi connectivity index (χ1n) is 12.1. The van der Waals surface area contributed by atoms with E-state index in [1.165, 1.54) is 24.3 Å². The summed E-state index contributed by atoms with van der Waals surface area (Å²) in [6.07, 6.45) is -0.775. The van der Waals surface area contributed by atoms with Gasteiger partial charge in [-0.05, 0) is 30.2 Å². The minimum Gasteiger partial charge on any atom is -0.487 e. The smallest absolute Gasteiger partial charge is 0.249 e. The number of nitrogens with one attached hydrogen (secondary N) is 2. The Bertz CT molecular complexity index is 1520. The van der Waals surface area contributed by atoms with E-state index >= 15 is 0 Å². The minimum absolute atomic E-state index is 0.297. The Morgan fingerprint density at radius 1 is 1.23 bits per heavy atom. The molecule has 4 heterocycles. The molecule has 0 aliphatic carbocycles. The van der Waals surface area contributed by atoms with Crippen molar-refractivity contribution in [3.63, 3.8) is 0 Å². The molecule has 3 N–H and O–H groups in total. The van der Waals surface area contributed by atoms with Crippen LogP contribution in [0.1, 0.15) is 23.2 Å². The maximum absolute atomic E-state index is 12.3. The van der Waals surface area contributed by atoms with Crippen LogP contribution in [0.4, 0.5) is 5.82 Å². The lowest BCUT2D eigenvalue weighted by atomic mass is 10.1. The molecular weight excluding hydrogens is 504 g/mol. The number of likely N-dealkylation sites (N-methyl/N-ethyl adjacent to an activating group) is 1. The predicted molar refractivity (Wildman–Crippen MR) is 139 cm³/mol. The number of hydrogen-bond acceptors (Lipinski definition) is 10. The topological polar surface area (TPSA) is 185 Å². The first-order valence-corrected chi connectivity index (χ1v) is 12.1. The van der Waals surface area contributed by atoms with Gasteiger partial charge in [-0.3, -0.25) is 14.3 Å². The van der Waals surface area contributed by atoms with Crippen molar-refractivity contribution in [2.75, 3.05) is 12.4 Å². The van der Waals surface area contributed by atoms with E-state index < -0.39 is 30.4 Å². The minimum atomic E-state index is -1.31. The van der Waals surface area contributed by atoms with Gasteiger partial charge in [0.25, 0.3) is 0 Å². The van der Waals surface area contributed by atoms with Crippen molar-refractivity contribution >= 4 is 22.9 Å². The summed E-state index contributed by atoms with van der Waals surface area (Å²) in [5.41, 5.74) is 12.3. The average Bonchev–Trinajstić information content (AvgIpc) is 3.53. The van der Waals surface area contributed by atoms with Crippen LogP contribution < -0.4 is 15.4 Å². The van der Waals surface area contributed by atoms with Crippen LogP contribution in [0.3, 0.4) is 0 Å². The number of hydrogen-bond donors (Lipinski definition) is 3. The van der Waals surface area contributed by atoms with Gasteiger partial charge in [0, 0.05) is 17.7 Å². The van der Waals surface area contributed by atoms with E-state index in [-0.39, 0.29) is 0 Å². The van der Waals surface area contributed by atoms with Gasteiger partial charge < -0.3 is 25.2 Å². The fourth-order valence-electron chi connectivity index (χ4n) is 4.36. The zero-order valence-electron chi connectivity index (χ0n) is 21.2. The highest BCUT2D eigenvalue weighted by Crippen LogP contribution is 2.34. The number of aromatic nitrogens is 5. The zero-order chi connectivity index (χ0) is 27.4. The van der Waals surface area contributed by atoms with Crippen LogP contribution in [0.5, 0.6) is 5.75 Å². The van der Waals surface area contributed by atoms with E-state index in [0.29, 0.717) is 41.6 Å². The van der Waals surface area contributed by atoms with Crippen molar-refractivity contribution in [2.45, 2.75) is 44.6 Å². The van der Waals surface area contributed by atoms with Crippen molar-refractivity contribution < 1.29 is 19.4 Å². The summed E-state index contributed by atoms with van der Waals surface area (Å²) >= 11 is 0. The van der Waals surface area contributed by atoms with Gasteiger partial charge in [0.05, 0.1) is 12.9 Å². The molecule has 1 amide bonds. The summed E-state index contributed by atoms with van der Waals surface area (Å²) in [6.45, 7) is 2.60. The SMILES string of the molecule is CNC(=O)C1OC(n2cnc3c(NCc4nc(C)ccc4OCc4ccccc4)ncnc32)C(O)C1N=[N+]=[N-]. The van der Waals surface area contributed by atoms with Crippen LogP contribution in [-0.2, 0) is 22.7 Å². The number of rotatable bonds is 9. The second-order valence-corrected chi connectivity index (χ2v) is 8.82. The number of pyridine rings is 1. The molecule has 4 unspecified atom stereocenters. The second-order valence-electron chi connectivity index (χ2n) is 8.82. The number of aliphatic hydroxyl groups excluding tert-OH is 1. The number of ether oxygens (including phenoxy) is 2. The Hall–Kier alpha value is -4.78. The molecule has 39 heavy (non-hydrogen) atoms. The second kappa shape index (κ2) is 11.3. The fraction of sp³-hybridized carbons (Fsp3) is 0.320. The Labute approximate surface area is 222 Å². The van der Waals surface area contributed by atoms with Gasteiger partial charge in [-0.1, -0.05) is 35.4 Å². The van der Waals surface area contributed by atoms with Crippen molar-refractivity contribution in [3.8, 4) is 5.75 Å². The number of carbonyl (C=O) groups excluding carboxylic acids is 1. The molecule has 200 valence electrons. The number of nitrogens with zero attached hydrogens (tertiary/aromatic N) is 8. The molecular formula is C25H26N10O4. The maximum Gasteiger partial charge on any atom is 0.249 e. The number of benzene rings is 1. The molecule has 1 aromatic carbocycles. The number of aliphatic hydroxyl groups is 1. The van der Waals surface area contributed by atoms with Crippen molar-refractivity contribution in [1.29, 1.82) is 0 Å². The quantitative estimate of drug-likeness (QED) is 0.166. The normalized spacial score (nSPS) is 20.4. The number of amides is 1. The number of anilines is 1. The highest BCUT2D eigenvalue weighted by atomic mass is 16.5. The van der Waals surface area contributed by atoms with Gasteiger partial charge in [-0.15, -0.1) is 0 Å². The zero-order valence-corrected chi connectivity index (χ0v) is 21.2. The lowest BCUT2D eigenvalue weighted by molar-refractivity contribution is -0.134. The highest BCUT2D eigenvalue weighted by molar-refractivity contribution is 5.83. The molecule has 1 fully saturated rings. The van der Waals surface area contributed by atoms with Gasteiger partial charge in [0.2, 0.25) is 5.91 Å². The van der Waals surface area contributed by atoms with Gasteiger partial charge in [-0.25, -0.2) is 15.0 Å². The molecule has 4 atom stereocenters. The third-order valence-corrected chi connectivity index (χ3v) is 6.29. The van der Waals surface area contributed by atoms with E-state index in [0.717, 1.165) is 11.3 Å². The fourth-order valence-corrected chi connectivity index (χ4v) is 4.36. The maximum atomic E-state index is 12.3. The van der Waals surface area contributed by atoms with Crippen LogP contribution in [-0.4, -0.2) is 60.8 Å². The van der Waals surface area contributed by atoms with Crippen LogP contribution in [0.25, 0.3) is 21.6 Å². The summed E-state index contributed by atoms with van der Waals surface area (Å²) in [4.78, 5) is 32.7. The van der Waals surface area contributed by atoms with Crippen molar-refractivity contribution in [1.82, 2.24) is 29.8 Å². The van der Waals surface area contributed by atoms with Crippen LogP contribution >= 0.6 is 0 Å². The number of azide groups is 1. The molecule has 0 bridgehead atoms. The molecule has 3 aromatic heterocycles. The van der Waals surface area contributed by atoms with E-state index in [9.17, 15) is 9.90 Å². The Balaban J connectivity index is 1.37. The molecule has 14 heteroatoms. The van der Waals surface area contributed by atoms with E-state index in [4.69, 9.17) is 15.0 Å². The molecule has 5 rings (SSSR count). The summed E-state index contributed by atoms with van der Waals surface area (Å²) in [5.74, 6) is 0.545. The monoisotopic (exact) mass is 530 g/mol. The van der Waals surface area contributed by atoms with E-state index in [1.807, 2.05) is 49.4 Å². The third-order valence-electron chi connectivity index (χ3n) is 6.29. The standard InChI is InChI=1S/C25H26N10O4/c1-14-8-9-17(38-11-15-6-4-3-5-7-15)16(32-14)10-28-22-19-23(30-12-29-22)35(13-31-19)25-20(36)18(33-34-26)21(39-25)24(37)27-2/h3-9,12-13,18,20-21,25,36H,10-11H2,1-2H3,(H,27,37)(H,28,29,30). The van der Waals surface area contributed by atoms with Gasteiger partial charge in [-0.2, -0.15) is 0 Å². The largest absolute Gasteiger partial charge is 0.487 e. The molecule has 1 saturated heterocycles. The molecule has 0 radical (unpaired) electrons. The van der Waals surface area contributed by atoms with Crippen molar-refractivity contribution in [2.24, 2.45) is 5.11 Å². The van der Waals surface area contributed by atoms with Gasteiger partial charge >= 0.3 is 0 Å². The lowest BCUT2D eigenvalue weighted by Crippen LogP contribution is -2.40. The van der Waals surface area contributed by atoms with Crippen LogP contribution in [0.2, 0.25) is 0 Å². The Morgan fingerprint density at radius 3 is 2.82 bits per heavy atom. The Morgan fingerprint density at radius 2 is 2.05 bits per heavy atom. The first-order chi connectivity index (χ1) is 19.0. The number of carbonyl (C=O) groups is 1. The summed E-state index contributed by atoms with van der Waals surface area (Å²) in [7, 11) is 1.43. The molecule has 0 saturated carbocycles. The number of fused-ring (bicyclic) bond motifs is 1. The lowest BCUT2D eigenvalue weighted by Gasteiger charge is -2.17. The molecule has 1 aliphatic heterocycles. The van der Waals surface area contributed by atoms with Crippen LogP contribution in [0, 0.1) is 6.92 Å². The van der Waals surface area contributed by atoms with Gasteiger partial charge in [0.1, 0.15) is 42.6 Å². The molecule has 1 aliphatic rings. The van der Waals surface area contributed by atoms with Gasteiger partial charge in [0.15, 0.2) is 23.2 Å². The predicted octanol–water partition coefficient (Wildman–Crippen LogP) is 2.40. The number of aryl methyl sites for hydroxylation is 1. The molecule has 0 spiro atoms. The molecule has 14 nitrogen and oxygen atoms in total. The highest BCUT2D eigenvalue weighted by Gasteiger charge is 2.48. The summed E-state index contributed by atoms with van der Waals surface area (Å²) in [6, 6.07) is 12.5. The molecule has 4 aromatic rings. The first kappa shape index (κ1) is 25.9. The summed E-state index contributed by atoms with van der Waals surface area (Å²) in [5, 5.41) is 20.1. The van der Waals surface area contributed by atoms with Crippen molar-refractivity contribution in [3.05, 3.63) is 82.5 Å². The average molecular weight is 531 g/mol. The van der Waals surface area contributed by atoms with E-state index in [1.54, 1.807) is 0 Å². The summed E-state index contributed by atoms with van der Waals surface area (Å²) < 4.78 is 13.3. The van der Waals surface area contributed by atoms with E-state index in [2.05, 4.69) is 40.6 Å². The third kappa shape index (κ3) is 5.29. The van der Waals surface area contributed by atoms with Crippen LogP contribution in [0.15, 0.2) is 60.2 Å².